The molecule has 5 N–H and O–H groups in total. The summed E-state index contributed by atoms with van der Waals surface area (Å²) in [6.07, 6.45) is 9.59. The van der Waals surface area contributed by atoms with Crippen molar-refractivity contribution in [3.63, 3.8) is 0 Å². The van der Waals surface area contributed by atoms with Crippen molar-refractivity contribution in [1.82, 2.24) is 25.5 Å². The molecule has 1 aromatic carbocycles. The summed E-state index contributed by atoms with van der Waals surface area (Å²) < 4.78 is 12.4. The third-order valence-corrected chi connectivity index (χ3v) is 11.8. The second-order valence-corrected chi connectivity index (χ2v) is 16.3. The molecule has 4 aliphatic rings. The number of aromatic nitrogens is 2. The molecule has 3 amide bonds. The lowest BCUT2D eigenvalue weighted by molar-refractivity contribution is -0.145. The number of carbonyl (C=O) groups is 4. The molecule has 0 bridgehead atoms. The maximum Gasteiger partial charge on any atom is 0.408 e. The number of ether oxygens (including phenoxy) is 2. The number of aliphatic carboxylic acids is 1. The van der Waals surface area contributed by atoms with Crippen LogP contribution < -0.4 is 20.7 Å². The molecule has 0 spiro atoms. The number of alkyl carbamates (subject to hydrolysis) is 1. The molecule has 1 saturated heterocycles. The third-order valence-electron chi connectivity index (χ3n) is 11.0. The first kappa shape index (κ1) is 38.5. The van der Waals surface area contributed by atoms with Crippen LogP contribution in [-0.2, 0) is 25.7 Å². The molecule has 7 rings (SSSR count). The highest BCUT2D eigenvalue weighted by molar-refractivity contribution is 7.14. The van der Waals surface area contributed by atoms with E-state index in [1.807, 2.05) is 37.4 Å². The van der Waals surface area contributed by atoms with Gasteiger partial charge in [0.15, 0.2) is 5.13 Å². The number of carboxylic acid groups (broad SMARTS) is 1. The molecule has 2 aliphatic carbocycles. The van der Waals surface area contributed by atoms with Crippen molar-refractivity contribution >= 4 is 51.2 Å². The SMILES string of the molecule is CC(C)Nc1nc(-c2cc(O[C@@H]3C[C@H]4C(=O)N[C@]5(C(=O)O)CC5/C=C\CCCCC[C@H](NC(=O)OC5CCCC5)C(=O)N4C3)c3ccc(CO)cc3n2)cs1. The van der Waals surface area contributed by atoms with E-state index >= 15 is 0 Å². The first-order chi connectivity index (χ1) is 26.5. The molecular weight excluding hydrogens is 725 g/mol. The van der Waals surface area contributed by atoms with Gasteiger partial charge in [0.25, 0.3) is 0 Å². The molecule has 3 aromatic rings. The molecule has 5 atom stereocenters. The monoisotopic (exact) mass is 774 g/mol. The number of allylic oxidation sites excluding steroid dienone is 1. The number of aliphatic hydroxyl groups excluding tert-OH is 1. The summed E-state index contributed by atoms with van der Waals surface area (Å²) in [5, 5.41) is 32.4. The maximum atomic E-state index is 14.5. The molecule has 15 heteroatoms. The molecule has 14 nitrogen and oxygen atoms in total. The van der Waals surface area contributed by atoms with Crippen LogP contribution in [0.4, 0.5) is 9.93 Å². The van der Waals surface area contributed by atoms with E-state index in [9.17, 15) is 29.4 Å². The molecule has 0 radical (unpaired) electrons. The zero-order valence-electron chi connectivity index (χ0n) is 31.3. The fourth-order valence-corrected chi connectivity index (χ4v) is 8.79. The van der Waals surface area contributed by atoms with E-state index in [1.165, 1.54) is 16.2 Å². The Hall–Kier alpha value is -4.76. The smallest absolute Gasteiger partial charge is 0.408 e. The fraction of sp³-hybridized carbons (Fsp3) is 0.550. The standard InChI is InChI=1S/C40H50N6O8S/c1-23(2)41-38-43-32(22-55-38)31-18-34(28-15-14-24(21-47)16-30(28)42-31)53-27-17-33-35(48)45-40(37(50)51)19-25(40)10-6-4-3-5-7-13-29(36(49)46(33)20-27)44-39(52)54-26-11-8-9-12-26/h6,10,14-16,18,22-23,25-27,29,33,47H,3-5,7-9,11-13,17,19-21H2,1-2H3,(H,41,43)(H,44,52)(H,45,48)(H,50,51)/b10-6-/t25?,27-,29+,33+,40-/m1/s1. The molecule has 294 valence electrons. The highest BCUT2D eigenvalue weighted by atomic mass is 32.1. The van der Waals surface area contributed by atoms with Gasteiger partial charge in [0.1, 0.15) is 41.3 Å². The van der Waals surface area contributed by atoms with Crippen molar-refractivity contribution in [2.24, 2.45) is 5.92 Å². The Morgan fingerprint density at radius 1 is 1.05 bits per heavy atom. The minimum Gasteiger partial charge on any atom is -0.488 e. The Morgan fingerprint density at radius 3 is 2.62 bits per heavy atom. The highest BCUT2D eigenvalue weighted by Gasteiger charge is 2.61. The maximum absolute atomic E-state index is 14.5. The van der Waals surface area contributed by atoms with Crippen molar-refractivity contribution in [3.8, 4) is 17.1 Å². The van der Waals surface area contributed by atoms with Crippen LogP contribution in [-0.4, -0.2) is 91.4 Å². The van der Waals surface area contributed by atoms with Gasteiger partial charge < -0.3 is 40.5 Å². The number of amides is 3. The van der Waals surface area contributed by atoms with Gasteiger partial charge >= 0.3 is 12.1 Å². The van der Waals surface area contributed by atoms with Crippen LogP contribution >= 0.6 is 11.3 Å². The Morgan fingerprint density at radius 2 is 1.85 bits per heavy atom. The summed E-state index contributed by atoms with van der Waals surface area (Å²) in [5.41, 5.74) is 0.972. The lowest BCUT2D eigenvalue weighted by Crippen LogP contribution is -2.56. The summed E-state index contributed by atoms with van der Waals surface area (Å²) in [6.45, 7) is 3.90. The second-order valence-electron chi connectivity index (χ2n) is 15.5. The summed E-state index contributed by atoms with van der Waals surface area (Å²) in [7, 11) is 0. The van der Waals surface area contributed by atoms with Gasteiger partial charge in [-0.3, -0.25) is 9.59 Å². The van der Waals surface area contributed by atoms with E-state index < -0.39 is 47.6 Å². The van der Waals surface area contributed by atoms with Gasteiger partial charge in [-0.25, -0.2) is 19.6 Å². The van der Waals surface area contributed by atoms with Crippen LogP contribution in [0.2, 0.25) is 0 Å². The van der Waals surface area contributed by atoms with Gasteiger partial charge in [-0.2, -0.15) is 0 Å². The Balaban J connectivity index is 1.20. The molecule has 2 aliphatic heterocycles. The van der Waals surface area contributed by atoms with Crippen molar-refractivity contribution in [1.29, 1.82) is 0 Å². The number of rotatable bonds is 9. The van der Waals surface area contributed by atoms with E-state index in [1.54, 1.807) is 18.2 Å². The normalized spacial score (nSPS) is 26.7. The Labute approximate surface area is 324 Å². The minimum absolute atomic E-state index is 0.0171. The van der Waals surface area contributed by atoms with Crippen LogP contribution in [0.5, 0.6) is 5.75 Å². The van der Waals surface area contributed by atoms with Crippen molar-refractivity contribution < 1.29 is 38.9 Å². The predicted molar refractivity (Wildman–Crippen MR) is 207 cm³/mol. The van der Waals surface area contributed by atoms with E-state index in [0.29, 0.717) is 46.4 Å². The third kappa shape index (κ3) is 8.72. The first-order valence-electron chi connectivity index (χ1n) is 19.5. The van der Waals surface area contributed by atoms with Crippen LogP contribution in [0.15, 0.2) is 41.8 Å². The van der Waals surface area contributed by atoms with E-state index in [-0.39, 0.29) is 44.1 Å². The van der Waals surface area contributed by atoms with Gasteiger partial charge in [0.05, 0.1) is 24.4 Å². The number of carboxylic acids is 1. The number of pyridine rings is 1. The zero-order chi connectivity index (χ0) is 38.7. The number of nitrogens with one attached hydrogen (secondary N) is 3. The summed E-state index contributed by atoms with van der Waals surface area (Å²) >= 11 is 1.45. The molecular formula is C40H50N6O8S. The lowest BCUT2D eigenvalue weighted by atomic mass is 10.0. The van der Waals surface area contributed by atoms with Crippen molar-refractivity contribution in [3.05, 3.63) is 47.4 Å². The fourth-order valence-electron chi connectivity index (χ4n) is 7.93. The molecule has 3 fully saturated rings. The minimum atomic E-state index is -1.46. The van der Waals surface area contributed by atoms with E-state index in [2.05, 4.69) is 16.0 Å². The van der Waals surface area contributed by atoms with E-state index in [0.717, 1.165) is 50.1 Å². The predicted octanol–water partition coefficient (Wildman–Crippen LogP) is 5.54. The quantitative estimate of drug-likeness (QED) is 0.172. The number of hydrogen-bond donors (Lipinski definition) is 5. The summed E-state index contributed by atoms with van der Waals surface area (Å²) in [5.74, 6) is -2.05. The number of hydrogen-bond acceptors (Lipinski definition) is 11. The van der Waals surface area contributed by atoms with Crippen LogP contribution in [0.25, 0.3) is 22.3 Å². The summed E-state index contributed by atoms with van der Waals surface area (Å²) in [6, 6.07) is 5.35. The van der Waals surface area contributed by atoms with Gasteiger partial charge in [-0.15, -0.1) is 11.3 Å². The van der Waals surface area contributed by atoms with Crippen LogP contribution in [0.3, 0.4) is 0 Å². The molecule has 2 saturated carbocycles. The number of thiazole rings is 1. The summed E-state index contributed by atoms with van der Waals surface area (Å²) in [4.78, 5) is 65.4. The number of nitrogens with zero attached hydrogens (tertiary/aromatic N) is 3. The van der Waals surface area contributed by atoms with E-state index in [4.69, 9.17) is 19.4 Å². The van der Waals surface area contributed by atoms with Gasteiger partial charge in [0.2, 0.25) is 11.8 Å². The molecule has 2 aromatic heterocycles. The van der Waals surface area contributed by atoms with Crippen LogP contribution in [0.1, 0.15) is 90.0 Å². The number of fused-ring (bicyclic) bond motifs is 3. The number of anilines is 1. The largest absolute Gasteiger partial charge is 0.488 e. The second kappa shape index (κ2) is 16.5. The van der Waals surface area contributed by atoms with Crippen molar-refractivity contribution in [2.75, 3.05) is 11.9 Å². The highest BCUT2D eigenvalue weighted by Crippen LogP contribution is 2.45. The van der Waals surface area contributed by atoms with Gasteiger partial charge in [-0.05, 0) is 82.9 Å². The topological polar surface area (TPSA) is 192 Å². The molecule has 1 unspecified atom stereocenters. The Bertz CT molecular complexity index is 1940. The number of aliphatic hydroxyl groups is 1. The number of carbonyl (C=O) groups excluding carboxylic acids is 3. The molecule has 4 heterocycles. The van der Waals surface area contributed by atoms with Crippen LogP contribution in [0, 0.1) is 5.92 Å². The van der Waals surface area contributed by atoms with Crippen molar-refractivity contribution in [2.45, 2.75) is 127 Å². The Kier molecular flexibility index (Phi) is 11.6. The number of benzene rings is 1. The lowest BCUT2D eigenvalue weighted by Gasteiger charge is -2.29. The first-order valence-corrected chi connectivity index (χ1v) is 20.3. The van der Waals surface area contributed by atoms with Gasteiger partial charge in [-0.1, -0.05) is 31.1 Å². The average Bonchev–Trinajstić information content (AvgIpc) is 3.58. The average molecular weight is 775 g/mol. The van der Waals surface area contributed by atoms with Gasteiger partial charge in [0, 0.05) is 35.2 Å². The zero-order valence-corrected chi connectivity index (χ0v) is 32.1. The molecule has 55 heavy (non-hydrogen) atoms.